The molecule has 0 unspecified atom stereocenters. The van der Waals surface area contributed by atoms with Crippen molar-refractivity contribution in [3.63, 3.8) is 0 Å². The summed E-state index contributed by atoms with van der Waals surface area (Å²) in [5.41, 5.74) is 1.48. The van der Waals surface area contributed by atoms with Crippen LogP contribution in [0.5, 0.6) is 0 Å². The molecule has 1 aliphatic rings. The van der Waals surface area contributed by atoms with Crippen LogP contribution >= 0.6 is 23.1 Å². The molecule has 0 spiro atoms. The molecule has 7 heteroatoms. The number of benzene rings is 2. The van der Waals surface area contributed by atoms with Crippen LogP contribution < -0.4 is 0 Å². The van der Waals surface area contributed by atoms with Crippen LogP contribution in [-0.4, -0.2) is 26.3 Å². The van der Waals surface area contributed by atoms with Crippen molar-refractivity contribution in [2.75, 3.05) is 5.75 Å². The summed E-state index contributed by atoms with van der Waals surface area (Å²) in [6.45, 7) is 2.00. The number of ketones is 1. The van der Waals surface area contributed by atoms with Gasteiger partial charge in [-0.05, 0) is 48.9 Å². The summed E-state index contributed by atoms with van der Waals surface area (Å²) in [7, 11) is 0. The number of hydrogen-bond donors (Lipinski definition) is 0. The molecule has 0 N–H and O–H groups in total. The van der Waals surface area contributed by atoms with Gasteiger partial charge in [-0.2, -0.15) is 0 Å². The van der Waals surface area contributed by atoms with Gasteiger partial charge in [0, 0.05) is 10.7 Å². The molecule has 0 saturated heterocycles. The van der Waals surface area contributed by atoms with E-state index in [0.717, 1.165) is 33.4 Å². The molecular weight excluding hydrogens is 405 g/mol. The van der Waals surface area contributed by atoms with Crippen LogP contribution in [0.25, 0.3) is 21.5 Å². The van der Waals surface area contributed by atoms with E-state index in [2.05, 4.69) is 16.3 Å². The molecule has 1 aliphatic carbocycles. The van der Waals surface area contributed by atoms with Gasteiger partial charge < -0.3 is 0 Å². The molecule has 2 aromatic heterocycles. The fourth-order valence-corrected chi connectivity index (χ4v) is 5.62. The van der Waals surface area contributed by atoms with Gasteiger partial charge in [0.25, 0.3) is 0 Å². The van der Waals surface area contributed by atoms with Crippen LogP contribution in [0.3, 0.4) is 0 Å². The van der Waals surface area contributed by atoms with Crippen molar-refractivity contribution in [1.82, 2.24) is 14.8 Å². The highest BCUT2D eigenvalue weighted by Gasteiger charge is 2.31. The number of carbonyl (C=O) groups excluding carboxylic acids is 1. The Morgan fingerprint density at radius 2 is 1.93 bits per heavy atom. The number of hydrogen-bond acceptors (Lipinski definition) is 5. The summed E-state index contributed by atoms with van der Waals surface area (Å²) in [5, 5.41) is 10.4. The third-order valence-electron chi connectivity index (χ3n) is 5.12. The summed E-state index contributed by atoms with van der Waals surface area (Å²) < 4.78 is 17.4. The number of thiophene rings is 1. The highest BCUT2D eigenvalue weighted by molar-refractivity contribution is 7.99. The van der Waals surface area contributed by atoms with E-state index in [9.17, 15) is 9.18 Å². The van der Waals surface area contributed by atoms with E-state index in [-0.39, 0.29) is 23.4 Å². The van der Waals surface area contributed by atoms with Gasteiger partial charge in [-0.15, -0.1) is 21.5 Å². The van der Waals surface area contributed by atoms with Crippen LogP contribution in [0.1, 0.15) is 34.1 Å². The van der Waals surface area contributed by atoms with E-state index in [0.29, 0.717) is 16.5 Å². The molecule has 0 aliphatic heterocycles. The van der Waals surface area contributed by atoms with Gasteiger partial charge in [-0.3, -0.25) is 9.36 Å². The average molecular weight is 424 g/mol. The third kappa shape index (κ3) is 3.38. The van der Waals surface area contributed by atoms with Gasteiger partial charge in [-0.25, -0.2) is 4.39 Å². The van der Waals surface area contributed by atoms with Crippen LogP contribution in [0, 0.1) is 12.7 Å². The molecule has 1 saturated carbocycles. The summed E-state index contributed by atoms with van der Waals surface area (Å²) in [6, 6.07) is 15.0. The molecule has 29 heavy (non-hydrogen) atoms. The molecule has 0 atom stereocenters. The van der Waals surface area contributed by atoms with Gasteiger partial charge in [0.05, 0.1) is 16.2 Å². The van der Waals surface area contributed by atoms with Crippen LogP contribution in [0.15, 0.2) is 53.7 Å². The third-order valence-corrected chi connectivity index (χ3v) is 7.38. The van der Waals surface area contributed by atoms with Crippen molar-refractivity contribution in [2.24, 2.45) is 0 Å². The SMILES string of the molecule is Cc1c(C(=O)CSc2nnc(-c3ccccc3F)n2C2CC2)sc2ccccc12. The fraction of sp³-hybridized carbons (Fsp3) is 0.227. The predicted octanol–water partition coefficient (Wildman–Crippen LogP) is 5.92. The van der Waals surface area contributed by atoms with Crippen molar-refractivity contribution in [2.45, 2.75) is 31.0 Å². The number of aryl methyl sites for hydroxylation is 1. The van der Waals surface area contributed by atoms with Crippen molar-refractivity contribution >= 4 is 39.0 Å². The Morgan fingerprint density at radius 3 is 2.69 bits per heavy atom. The van der Waals surface area contributed by atoms with Gasteiger partial charge >= 0.3 is 0 Å². The van der Waals surface area contributed by atoms with Gasteiger partial charge in [-0.1, -0.05) is 42.1 Å². The molecule has 1 fully saturated rings. The Morgan fingerprint density at radius 1 is 1.17 bits per heavy atom. The van der Waals surface area contributed by atoms with E-state index in [1.165, 1.54) is 29.2 Å². The van der Waals surface area contributed by atoms with Crippen molar-refractivity contribution in [3.8, 4) is 11.4 Å². The molecule has 0 bridgehead atoms. The van der Waals surface area contributed by atoms with Gasteiger partial charge in [0.15, 0.2) is 16.8 Å². The summed E-state index contributed by atoms with van der Waals surface area (Å²) >= 11 is 2.92. The molecule has 4 nitrogen and oxygen atoms in total. The summed E-state index contributed by atoms with van der Waals surface area (Å²) in [6.07, 6.45) is 2.05. The average Bonchev–Trinajstić information content (AvgIpc) is 3.40. The molecule has 0 amide bonds. The second-order valence-corrected chi connectivity index (χ2v) is 9.15. The Hall–Kier alpha value is -2.51. The van der Waals surface area contributed by atoms with Crippen molar-refractivity contribution in [1.29, 1.82) is 0 Å². The lowest BCUT2D eigenvalue weighted by molar-refractivity contribution is 0.102. The zero-order valence-corrected chi connectivity index (χ0v) is 17.4. The first-order chi connectivity index (χ1) is 14.1. The quantitative estimate of drug-likeness (QED) is 0.285. The van der Waals surface area contributed by atoms with Gasteiger partial charge in [0.2, 0.25) is 0 Å². The Balaban J connectivity index is 1.42. The van der Waals surface area contributed by atoms with Gasteiger partial charge in [0.1, 0.15) is 5.82 Å². The maximum absolute atomic E-state index is 14.3. The molecule has 2 heterocycles. The highest BCUT2D eigenvalue weighted by Crippen LogP contribution is 2.41. The van der Waals surface area contributed by atoms with E-state index >= 15 is 0 Å². The Kier molecular flexibility index (Phi) is 4.72. The largest absolute Gasteiger partial charge is 0.299 e. The van der Waals surface area contributed by atoms with Crippen LogP contribution in [-0.2, 0) is 0 Å². The zero-order valence-electron chi connectivity index (χ0n) is 15.8. The Labute approximate surface area is 175 Å². The number of fused-ring (bicyclic) bond motifs is 1. The maximum atomic E-state index is 14.3. The number of aromatic nitrogens is 3. The van der Waals surface area contributed by atoms with Crippen molar-refractivity contribution in [3.05, 3.63) is 64.8 Å². The molecule has 5 rings (SSSR count). The predicted molar refractivity (Wildman–Crippen MR) is 115 cm³/mol. The molecule has 0 radical (unpaired) electrons. The smallest absolute Gasteiger partial charge is 0.192 e. The van der Waals surface area contributed by atoms with E-state index in [1.54, 1.807) is 18.2 Å². The fourth-order valence-electron chi connectivity index (χ4n) is 3.50. The summed E-state index contributed by atoms with van der Waals surface area (Å²) in [4.78, 5) is 13.7. The molecule has 146 valence electrons. The topological polar surface area (TPSA) is 47.8 Å². The lowest BCUT2D eigenvalue weighted by atomic mass is 10.1. The van der Waals surface area contributed by atoms with E-state index in [1.807, 2.05) is 29.7 Å². The summed E-state index contributed by atoms with van der Waals surface area (Å²) in [5.74, 6) is 0.607. The lowest BCUT2D eigenvalue weighted by Gasteiger charge is -2.09. The first-order valence-electron chi connectivity index (χ1n) is 9.47. The number of nitrogens with zero attached hydrogens (tertiary/aromatic N) is 3. The first-order valence-corrected chi connectivity index (χ1v) is 11.3. The number of thioether (sulfide) groups is 1. The first kappa shape index (κ1) is 18.5. The molecular formula is C22H18FN3OS2. The Bertz CT molecular complexity index is 1230. The monoisotopic (exact) mass is 423 g/mol. The highest BCUT2D eigenvalue weighted by atomic mass is 32.2. The molecule has 4 aromatic rings. The minimum atomic E-state index is -0.310. The standard InChI is InChI=1S/C22H18FN3OS2/c1-13-15-6-3-5-9-19(15)29-20(13)18(27)12-28-22-25-24-21(26(22)14-10-11-14)16-7-2-4-8-17(16)23/h2-9,14H,10-12H2,1H3. The number of carbonyl (C=O) groups is 1. The molecule has 2 aromatic carbocycles. The second-order valence-electron chi connectivity index (χ2n) is 7.15. The minimum Gasteiger partial charge on any atom is -0.299 e. The number of halogens is 1. The minimum absolute atomic E-state index is 0.0893. The number of Topliss-reactive ketones (excluding diaryl/α,β-unsaturated/α-hetero) is 1. The second kappa shape index (κ2) is 7.39. The van der Waals surface area contributed by atoms with E-state index < -0.39 is 0 Å². The van der Waals surface area contributed by atoms with E-state index in [4.69, 9.17) is 0 Å². The number of rotatable bonds is 6. The van der Waals surface area contributed by atoms with Crippen LogP contribution in [0.2, 0.25) is 0 Å². The normalized spacial score (nSPS) is 13.9. The van der Waals surface area contributed by atoms with Crippen LogP contribution in [0.4, 0.5) is 4.39 Å². The zero-order chi connectivity index (χ0) is 20.0. The lowest BCUT2D eigenvalue weighted by Crippen LogP contribution is -2.05. The maximum Gasteiger partial charge on any atom is 0.192 e. The van der Waals surface area contributed by atoms with Crippen molar-refractivity contribution < 1.29 is 9.18 Å².